The minimum Gasteiger partial charge on any atom is -0.508 e. The number of aromatic hydroxyl groups is 1. The third-order valence-electron chi connectivity index (χ3n) is 1.98. The van der Waals surface area contributed by atoms with Crippen molar-refractivity contribution >= 4 is 17.5 Å². The number of anilines is 1. The molecular weight excluding hydrogens is 238 g/mol. The van der Waals surface area contributed by atoms with Crippen LogP contribution in [0.5, 0.6) is 5.75 Å². The average Bonchev–Trinajstić information content (AvgIpc) is 2.85. The number of rotatable bonds is 2. The summed E-state index contributed by atoms with van der Waals surface area (Å²) in [5.74, 6) is -1.63. The van der Waals surface area contributed by atoms with Crippen LogP contribution >= 0.6 is 0 Å². The van der Waals surface area contributed by atoms with Gasteiger partial charge in [-0.3, -0.25) is 15.0 Å². The Morgan fingerprint density at radius 2 is 1.67 bits per heavy atom. The van der Waals surface area contributed by atoms with Gasteiger partial charge in [0.2, 0.25) is 0 Å². The van der Waals surface area contributed by atoms with E-state index < -0.39 is 11.8 Å². The van der Waals surface area contributed by atoms with E-state index in [-0.39, 0.29) is 5.75 Å². The van der Waals surface area contributed by atoms with Gasteiger partial charge in [-0.1, -0.05) is 0 Å². The Morgan fingerprint density at radius 3 is 2.28 bits per heavy atom. The first-order valence-electron chi connectivity index (χ1n) is 4.91. The van der Waals surface area contributed by atoms with Gasteiger partial charge in [-0.05, 0) is 24.3 Å². The predicted octanol–water partition coefficient (Wildman–Crippen LogP) is -0.308. The van der Waals surface area contributed by atoms with E-state index in [2.05, 4.69) is 20.9 Å². The molecule has 0 spiro atoms. The second kappa shape index (κ2) is 4.95. The normalized spacial score (nSPS) is 9.78. The molecule has 8 heteroatoms. The lowest BCUT2D eigenvalue weighted by atomic mass is 10.3. The lowest BCUT2D eigenvalue weighted by Gasteiger charge is -2.06. The van der Waals surface area contributed by atoms with E-state index >= 15 is 0 Å². The molecule has 0 saturated heterocycles. The van der Waals surface area contributed by atoms with Gasteiger partial charge in [0, 0.05) is 5.69 Å². The number of nitrogens with zero attached hydrogens (tertiary/aromatic N) is 3. The largest absolute Gasteiger partial charge is 0.508 e. The van der Waals surface area contributed by atoms with Crippen molar-refractivity contribution in [2.24, 2.45) is 0 Å². The number of hydrogen-bond donors (Lipinski definition) is 3. The lowest BCUT2D eigenvalue weighted by Crippen LogP contribution is -2.33. The summed E-state index contributed by atoms with van der Waals surface area (Å²) in [6.45, 7) is 0. The summed E-state index contributed by atoms with van der Waals surface area (Å²) in [5.41, 5.74) is 2.64. The Kier molecular flexibility index (Phi) is 3.19. The van der Waals surface area contributed by atoms with Gasteiger partial charge in [-0.25, -0.2) is 4.68 Å². The van der Waals surface area contributed by atoms with Crippen LogP contribution in [0, 0.1) is 0 Å². The van der Waals surface area contributed by atoms with Crippen LogP contribution in [0.1, 0.15) is 0 Å². The molecule has 2 amide bonds. The van der Waals surface area contributed by atoms with Gasteiger partial charge in [0.25, 0.3) is 0 Å². The van der Waals surface area contributed by atoms with Crippen molar-refractivity contribution in [2.75, 3.05) is 10.7 Å². The predicted molar refractivity (Wildman–Crippen MR) is 61.1 cm³/mol. The van der Waals surface area contributed by atoms with Crippen LogP contribution in [-0.2, 0) is 9.59 Å². The summed E-state index contributed by atoms with van der Waals surface area (Å²) in [4.78, 5) is 22.9. The zero-order valence-corrected chi connectivity index (χ0v) is 9.07. The Morgan fingerprint density at radius 1 is 1.06 bits per heavy atom. The molecule has 2 rings (SSSR count). The van der Waals surface area contributed by atoms with Crippen LogP contribution in [0.15, 0.2) is 36.9 Å². The number of nitrogens with one attached hydrogen (secondary N) is 2. The van der Waals surface area contributed by atoms with Crippen molar-refractivity contribution in [3.8, 4) is 5.75 Å². The highest BCUT2D eigenvalue weighted by atomic mass is 16.3. The van der Waals surface area contributed by atoms with Crippen LogP contribution in [-0.4, -0.2) is 31.8 Å². The number of carbonyl (C=O) groups excluding carboxylic acids is 2. The smallest absolute Gasteiger partial charge is 0.328 e. The first-order valence-corrected chi connectivity index (χ1v) is 4.91. The highest BCUT2D eigenvalue weighted by Crippen LogP contribution is 2.13. The molecule has 1 aromatic carbocycles. The molecule has 0 bridgehead atoms. The first-order chi connectivity index (χ1) is 8.65. The minimum atomic E-state index is -0.858. The molecule has 3 N–H and O–H groups in total. The molecule has 0 aliphatic carbocycles. The SMILES string of the molecule is O=C(Nc1ccc(O)cc1)C(=O)Nn1cnnc1. The number of benzene rings is 1. The molecule has 0 unspecified atom stereocenters. The molecule has 92 valence electrons. The zero-order valence-electron chi connectivity index (χ0n) is 9.07. The van der Waals surface area contributed by atoms with Gasteiger partial charge in [0.05, 0.1) is 0 Å². The second-order valence-electron chi connectivity index (χ2n) is 3.31. The maximum absolute atomic E-state index is 11.5. The van der Waals surface area contributed by atoms with E-state index in [0.717, 1.165) is 4.68 Å². The minimum absolute atomic E-state index is 0.0712. The summed E-state index contributed by atoms with van der Waals surface area (Å²) in [7, 11) is 0. The average molecular weight is 247 g/mol. The van der Waals surface area contributed by atoms with Crippen molar-refractivity contribution in [1.29, 1.82) is 0 Å². The Balaban J connectivity index is 1.95. The highest BCUT2D eigenvalue weighted by molar-refractivity contribution is 6.42. The van der Waals surface area contributed by atoms with Crippen LogP contribution in [0.3, 0.4) is 0 Å². The fraction of sp³-hybridized carbons (Fsp3) is 0. The fourth-order valence-corrected chi connectivity index (χ4v) is 1.16. The standard InChI is InChI=1S/C10H9N5O3/c16-8-3-1-7(2-4-8)13-9(17)10(18)14-15-5-11-12-6-15/h1-6,16H,(H,13,17)(H,14,18). The molecular formula is C10H9N5O3. The third kappa shape index (κ3) is 2.82. The van der Waals surface area contributed by atoms with E-state index in [0.29, 0.717) is 5.69 Å². The first kappa shape index (κ1) is 11.6. The van der Waals surface area contributed by atoms with Crippen LogP contribution in [0.2, 0.25) is 0 Å². The summed E-state index contributed by atoms with van der Waals surface area (Å²) in [6, 6.07) is 5.74. The number of aromatic nitrogens is 3. The van der Waals surface area contributed by atoms with Crippen molar-refractivity contribution in [1.82, 2.24) is 14.9 Å². The summed E-state index contributed by atoms with van der Waals surface area (Å²) in [5, 5.41) is 18.4. The molecule has 1 heterocycles. The van der Waals surface area contributed by atoms with E-state index in [4.69, 9.17) is 5.11 Å². The van der Waals surface area contributed by atoms with E-state index in [9.17, 15) is 9.59 Å². The Labute approximate surface area is 101 Å². The van der Waals surface area contributed by atoms with E-state index in [1.807, 2.05) is 0 Å². The van der Waals surface area contributed by atoms with Gasteiger partial charge < -0.3 is 10.4 Å². The number of amides is 2. The molecule has 1 aromatic heterocycles. The fourth-order valence-electron chi connectivity index (χ4n) is 1.16. The van der Waals surface area contributed by atoms with Gasteiger partial charge in [-0.15, -0.1) is 10.2 Å². The molecule has 0 aliphatic heterocycles. The third-order valence-corrected chi connectivity index (χ3v) is 1.98. The summed E-state index contributed by atoms with van der Waals surface area (Å²) < 4.78 is 1.15. The number of phenolic OH excluding ortho intramolecular Hbond substituents is 1. The number of phenols is 1. The molecule has 2 aromatic rings. The molecule has 0 aliphatic rings. The molecule has 8 nitrogen and oxygen atoms in total. The number of carbonyl (C=O) groups is 2. The van der Waals surface area contributed by atoms with Gasteiger partial charge in [0.1, 0.15) is 18.4 Å². The van der Waals surface area contributed by atoms with Gasteiger partial charge >= 0.3 is 11.8 Å². The van der Waals surface area contributed by atoms with Crippen molar-refractivity contribution in [2.45, 2.75) is 0 Å². The topological polar surface area (TPSA) is 109 Å². The molecule has 18 heavy (non-hydrogen) atoms. The molecule has 0 radical (unpaired) electrons. The van der Waals surface area contributed by atoms with Gasteiger partial charge in [-0.2, -0.15) is 0 Å². The maximum Gasteiger partial charge on any atom is 0.328 e. The second-order valence-corrected chi connectivity index (χ2v) is 3.31. The Hall–Kier alpha value is -2.90. The maximum atomic E-state index is 11.5. The highest BCUT2D eigenvalue weighted by Gasteiger charge is 2.13. The van der Waals surface area contributed by atoms with E-state index in [1.54, 1.807) is 0 Å². The van der Waals surface area contributed by atoms with Gasteiger partial charge in [0.15, 0.2) is 0 Å². The zero-order chi connectivity index (χ0) is 13.0. The van der Waals surface area contributed by atoms with Crippen molar-refractivity contribution in [3.63, 3.8) is 0 Å². The van der Waals surface area contributed by atoms with Crippen molar-refractivity contribution in [3.05, 3.63) is 36.9 Å². The van der Waals surface area contributed by atoms with E-state index in [1.165, 1.54) is 36.9 Å². The quantitative estimate of drug-likeness (QED) is 0.498. The molecule has 0 fully saturated rings. The monoisotopic (exact) mass is 247 g/mol. The summed E-state index contributed by atoms with van der Waals surface area (Å²) >= 11 is 0. The lowest BCUT2D eigenvalue weighted by molar-refractivity contribution is -0.133. The van der Waals surface area contributed by atoms with Crippen LogP contribution in [0.4, 0.5) is 5.69 Å². The number of hydrogen-bond acceptors (Lipinski definition) is 5. The van der Waals surface area contributed by atoms with Crippen molar-refractivity contribution < 1.29 is 14.7 Å². The molecule has 0 atom stereocenters. The summed E-state index contributed by atoms with van der Waals surface area (Å²) in [6.07, 6.45) is 2.48. The van der Waals surface area contributed by atoms with Crippen LogP contribution < -0.4 is 10.7 Å². The van der Waals surface area contributed by atoms with Crippen LogP contribution in [0.25, 0.3) is 0 Å². The molecule has 0 saturated carbocycles. The Bertz CT molecular complexity index is 549.